The van der Waals surface area contributed by atoms with E-state index in [9.17, 15) is 0 Å². The van der Waals surface area contributed by atoms with E-state index in [1.54, 1.807) is 11.8 Å². The summed E-state index contributed by atoms with van der Waals surface area (Å²) in [7, 11) is 5.79. The number of anilines is 1. The zero-order valence-corrected chi connectivity index (χ0v) is 14.5. The number of hydrogen-bond acceptors (Lipinski definition) is 4. The predicted molar refractivity (Wildman–Crippen MR) is 93.3 cm³/mol. The van der Waals surface area contributed by atoms with Crippen molar-refractivity contribution in [3.63, 3.8) is 0 Å². The van der Waals surface area contributed by atoms with E-state index in [4.69, 9.17) is 4.74 Å². The molecule has 1 unspecified atom stereocenters. The topological polar surface area (TPSA) is 42.3 Å². The summed E-state index contributed by atoms with van der Waals surface area (Å²) in [6, 6.07) is 8.73. The number of ether oxygens (including phenoxy) is 1. The third kappa shape index (κ3) is 3.06. The lowest BCUT2D eigenvalue weighted by Crippen LogP contribution is -2.31. The Morgan fingerprint density at radius 3 is 2.87 bits per heavy atom. The first-order valence-electron chi connectivity index (χ1n) is 8.19. The van der Waals surface area contributed by atoms with Crippen molar-refractivity contribution in [2.24, 2.45) is 7.05 Å². The molecule has 23 heavy (non-hydrogen) atoms. The Kier molecular flexibility index (Phi) is 4.57. The largest absolute Gasteiger partial charge is 0.481 e. The van der Waals surface area contributed by atoms with Crippen molar-refractivity contribution in [3.05, 3.63) is 41.1 Å². The summed E-state index contributed by atoms with van der Waals surface area (Å²) in [6.45, 7) is 4.91. The molecule has 1 aromatic heterocycles. The van der Waals surface area contributed by atoms with Gasteiger partial charge in [0.1, 0.15) is 0 Å². The van der Waals surface area contributed by atoms with Gasteiger partial charge in [-0.25, -0.2) is 4.68 Å². The molecule has 0 bridgehead atoms. The van der Waals surface area contributed by atoms with Crippen LogP contribution in [0.4, 0.5) is 5.69 Å². The lowest BCUT2D eigenvalue weighted by atomic mass is 9.90. The van der Waals surface area contributed by atoms with Crippen molar-refractivity contribution in [3.8, 4) is 5.88 Å². The number of aromatic nitrogens is 2. The first kappa shape index (κ1) is 15.9. The number of para-hydroxylation sites is 1. The van der Waals surface area contributed by atoms with Gasteiger partial charge in [-0.15, -0.1) is 0 Å². The summed E-state index contributed by atoms with van der Waals surface area (Å²) in [6.07, 6.45) is 1.18. The number of rotatable bonds is 5. The molecule has 5 nitrogen and oxygen atoms in total. The summed E-state index contributed by atoms with van der Waals surface area (Å²) in [5, 5.41) is 8.04. The van der Waals surface area contributed by atoms with Gasteiger partial charge in [-0.3, -0.25) is 0 Å². The molecule has 0 aliphatic carbocycles. The number of methoxy groups -OCH3 is 1. The molecule has 0 radical (unpaired) electrons. The van der Waals surface area contributed by atoms with E-state index in [-0.39, 0.29) is 0 Å². The number of hydrogen-bond donors (Lipinski definition) is 1. The van der Waals surface area contributed by atoms with Crippen molar-refractivity contribution in [1.82, 2.24) is 15.1 Å². The molecule has 3 rings (SSSR count). The second-order valence-electron chi connectivity index (χ2n) is 6.29. The summed E-state index contributed by atoms with van der Waals surface area (Å²) in [5.74, 6) is 1.41. The van der Waals surface area contributed by atoms with Gasteiger partial charge in [0.15, 0.2) is 0 Å². The van der Waals surface area contributed by atoms with E-state index in [1.165, 1.54) is 17.7 Å². The third-order valence-electron chi connectivity index (χ3n) is 4.78. The van der Waals surface area contributed by atoms with Crippen molar-refractivity contribution in [1.29, 1.82) is 0 Å². The Balaban J connectivity index is 1.67. The van der Waals surface area contributed by atoms with Crippen molar-refractivity contribution < 1.29 is 4.74 Å². The van der Waals surface area contributed by atoms with Crippen molar-refractivity contribution in [2.45, 2.75) is 25.8 Å². The van der Waals surface area contributed by atoms with Gasteiger partial charge in [0.25, 0.3) is 0 Å². The van der Waals surface area contributed by atoms with Crippen LogP contribution in [0.2, 0.25) is 0 Å². The van der Waals surface area contributed by atoms with E-state index in [1.807, 2.05) is 14.0 Å². The normalized spacial score (nSPS) is 17.2. The minimum Gasteiger partial charge on any atom is -0.481 e. The third-order valence-corrected chi connectivity index (χ3v) is 4.78. The van der Waals surface area contributed by atoms with Gasteiger partial charge >= 0.3 is 0 Å². The van der Waals surface area contributed by atoms with Crippen LogP contribution in [0.3, 0.4) is 0 Å². The lowest BCUT2D eigenvalue weighted by molar-refractivity contribution is 0.367. The molecule has 0 saturated heterocycles. The Morgan fingerprint density at radius 2 is 2.09 bits per heavy atom. The number of nitrogens with one attached hydrogen (secondary N) is 1. The van der Waals surface area contributed by atoms with Crippen LogP contribution in [0.25, 0.3) is 0 Å². The van der Waals surface area contributed by atoms with Crippen LogP contribution in [-0.2, 0) is 13.6 Å². The van der Waals surface area contributed by atoms with Crippen LogP contribution in [0, 0.1) is 6.92 Å². The Bertz CT molecular complexity index is 680. The molecule has 1 N–H and O–H groups in total. The smallest absolute Gasteiger partial charge is 0.216 e. The highest BCUT2D eigenvalue weighted by molar-refractivity contribution is 5.56. The van der Waals surface area contributed by atoms with E-state index in [2.05, 4.69) is 46.6 Å². The van der Waals surface area contributed by atoms with Gasteiger partial charge in [-0.2, -0.15) is 5.10 Å². The molecule has 0 spiro atoms. The maximum Gasteiger partial charge on any atom is 0.216 e. The first-order valence-corrected chi connectivity index (χ1v) is 8.19. The fourth-order valence-corrected chi connectivity index (χ4v) is 3.53. The maximum atomic E-state index is 5.46. The van der Waals surface area contributed by atoms with E-state index in [0.29, 0.717) is 5.92 Å². The average molecular weight is 314 g/mol. The first-order chi connectivity index (χ1) is 11.1. The monoisotopic (exact) mass is 314 g/mol. The molecule has 124 valence electrons. The standard InChI is InChI=1S/C18H26N4O/c1-13-16(18(23-4)22(3)20-13)12-19-11-14-9-10-21(2)17-8-6-5-7-15(14)17/h5-8,14,19H,9-12H2,1-4H3. The molecule has 1 aliphatic heterocycles. The van der Waals surface area contributed by atoms with Gasteiger partial charge in [0, 0.05) is 45.3 Å². The molecule has 5 heteroatoms. The zero-order chi connectivity index (χ0) is 16.4. The van der Waals surface area contributed by atoms with Crippen LogP contribution in [0.5, 0.6) is 5.88 Å². The van der Waals surface area contributed by atoms with Crippen molar-refractivity contribution >= 4 is 5.69 Å². The van der Waals surface area contributed by atoms with Gasteiger partial charge in [-0.05, 0) is 25.0 Å². The highest BCUT2D eigenvalue weighted by Gasteiger charge is 2.22. The predicted octanol–water partition coefficient (Wildman–Crippen LogP) is 2.45. The van der Waals surface area contributed by atoms with E-state index in [0.717, 1.165) is 36.8 Å². The summed E-state index contributed by atoms with van der Waals surface area (Å²) < 4.78 is 7.27. The maximum absolute atomic E-state index is 5.46. The summed E-state index contributed by atoms with van der Waals surface area (Å²) in [5.41, 5.74) is 4.99. The number of fused-ring (bicyclic) bond motifs is 1. The fourth-order valence-electron chi connectivity index (χ4n) is 3.53. The zero-order valence-electron chi connectivity index (χ0n) is 14.5. The molecule has 0 saturated carbocycles. The Labute approximate surface area is 138 Å². The minimum atomic E-state index is 0.561. The molecular formula is C18H26N4O. The summed E-state index contributed by atoms with van der Waals surface area (Å²) >= 11 is 0. The van der Waals surface area contributed by atoms with Crippen LogP contribution in [0.15, 0.2) is 24.3 Å². The average Bonchev–Trinajstić information content (AvgIpc) is 2.83. The Hall–Kier alpha value is -2.01. The van der Waals surface area contributed by atoms with Gasteiger partial charge < -0.3 is 15.0 Å². The van der Waals surface area contributed by atoms with Crippen LogP contribution >= 0.6 is 0 Å². The molecule has 1 aliphatic rings. The minimum absolute atomic E-state index is 0.561. The van der Waals surface area contributed by atoms with Gasteiger partial charge in [0.2, 0.25) is 5.88 Å². The Morgan fingerprint density at radius 1 is 1.30 bits per heavy atom. The van der Waals surface area contributed by atoms with E-state index >= 15 is 0 Å². The quantitative estimate of drug-likeness (QED) is 0.920. The molecule has 2 aromatic rings. The second kappa shape index (κ2) is 6.62. The molecule has 0 amide bonds. The molecule has 0 fully saturated rings. The molecule has 2 heterocycles. The lowest BCUT2D eigenvalue weighted by Gasteiger charge is -2.33. The number of benzene rings is 1. The van der Waals surface area contributed by atoms with Crippen LogP contribution in [-0.4, -0.2) is 37.0 Å². The van der Waals surface area contributed by atoms with Gasteiger partial charge in [0.05, 0.1) is 18.4 Å². The fraction of sp³-hybridized carbons (Fsp3) is 0.500. The number of aryl methyl sites for hydroxylation is 2. The van der Waals surface area contributed by atoms with E-state index < -0.39 is 0 Å². The number of nitrogens with zero attached hydrogens (tertiary/aromatic N) is 3. The van der Waals surface area contributed by atoms with Gasteiger partial charge in [-0.1, -0.05) is 18.2 Å². The van der Waals surface area contributed by atoms with Crippen LogP contribution < -0.4 is 15.0 Å². The second-order valence-corrected chi connectivity index (χ2v) is 6.29. The molecular weight excluding hydrogens is 288 g/mol. The highest BCUT2D eigenvalue weighted by atomic mass is 16.5. The molecule has 1 aromatic carbocycles. The highest BCUT2D eigenvalue weighted by Crippen LogP contribution is 2.33. The SMILES string of the molecule is COc1c(CNCC2CCN(C)c3ccccc32)c(C)nn1C. The summed E-state index contributed by atoms with van der Waals surface area (Å²) in [4.78, 5) is 2.35. The van der Waals surface area contributed by atoms with Crippen molar-refractivity contribution in [2.75, 3.05) is 32.1 Å². The molecule has 1 atom stereocenters. The van der Waals surface area contributed by atoms with Crippen LogP contribution in [0.1, 0.15) is 29.2 Å².